The van der Waals surface area contributed by atoms with Gasteiger partial charge in [-0.05, 0) is 36.4 Å². The fourth-order valence-electron chi connectivity index (χ4n) is 2.88. The van der Waals surface area contributed by atoms with Crippen molar-refractivity contribution in [3.05, 3.63) is 59.7 Å². The van der Waals surface area contributed by atoms with E-state index >= 15 is 0 Å². The van der Waals surface area contributed by atoms with Gasteiger partial charge in [0.2, 0.25) is 11.8 Å². The van der Waals surface area contributed by atoms with Crippen LogP contribution in [-0.2, 0) is 15.8 Å². The highest BCUT2D eigenvalue weighted by Crippen LogP contribution is 2.32. The van der Waals surface area contributed by atoms with Gasteiger partial charge in [0, 0.05) is 24.3 Å². The van der Waals surface area contributed by atoms with Gasteiger partial charge in [-0.1, -0.05) is 12.1 Å². The van der Waals surface area contributed by atoms with Crippen LogP contribution >= 0.6 is 0 Å². The molecule has 3 N–H and O–H groups in total. The Hall–Kier alpha value is -3.89. The van der Waals surface area contributed by atoms with Crippen molar-refractivity contribution in [2.75, 3.05) is 23.7 Å². The first-order valence-electron chi connectivity index (χ1n) is 9.11. The van der Waals surface area contributed by atoms with E-state index in [0.29, 0.717) is 5.69 Å². The molecule has 0 unspecified atom stereocenters. The summed E-state index contributed by atoms with van der Waals surface area (Å²) in [4.78, 5) is 48.1. The van der Waals surface area contributed by atoms with Crippen molar-refractivity contribution in [3.63, 3.8) is 0 Å². The fraction of sp³-hybridized carbons (Fsp3) is 0.200. The Balaban J connectivity index is 1.57. The molecule has 11 heteroatoms. The molecule has 1 saturated heterocycles. The maximum absolute atomic E-state index is 13.1. The molecule has 2 aromatic rings. The van der Waals surface area contributed by atoms with Crippen LogP contribution in [0.4, 0.5) is 29.3 Å². The maximum Gasteiger partial charge on any atom is 0.417 e. The summed E-state index contributed by atoms with van der Waals surface area (Å²) in [6.45, 7) is -0.162. The van der Waals surface area contributed by atoms with Crippen molar-refractivity contribution in [2.24, 2.45) is 0 Å². The van der Waals surface area contributed by atoms with E-state index in [1.54, 1.807) is 0 Å². The van der Waals surface area contributed by atoms with Crippen LogP contribution in [0, 0.1) is 0 Å². The smallest absolute Gasteiger partial charge is 0.329 e. The zero-order valence-corrected chi connectivity index (χ0v) is 16.0. The van der Waals surface area contributed by atoms with Gasteiger partial charge in [-0.3, -0.25) is 19.3 Å². The molecule has 1 heterocycles. The molecule has 1 aliphatic rings. The molecule has 5 amide bonds. The van der Waals surface area contributed by atoms with Crippen molar-refractivity contribution in [2.45, 2.75) is 12.6 Å². The van der Waals surface area contributed by atoms with Crippen molar-refractivity contribution in [3.8, 4) is 0 Å². The summed E-state index contributed by atoms with van der Waals surface area (Å²) >= 11 is 0. The summed E-state index contributed by atoms with van der Waals surface area (Å²) in [5.74, 6) is -1.77. The van der Waals surface area contributed by atoms with Crippen molar-refractivity contribution in [1.29, 1.82) is 0 Å². The number of imide groups is 1. The number of rotatable bonds is 6. The number of alkyl halides is 3. The third-order valence-corrected chi connectivity index (χ3v) is 4.40. The SMILES string of the molecule is O=C(CCN1C(=O)CNC1=O)Nc1ccc(NC(=O)c2ccccc2C(F)(F)F)cc1. The highest BCUT2D eigenvalue weighted by atomic mass is 19.4. The summed E-state index contributed by atoms with van der Waals surface area (Å²) in [6, 6.07) is 9.64. The number of anilines is 2. The lowest BCUT2D eigenvalue weighted by Gasteiger charge is -2.13. The predicted octanol–water partition coefficient (Wildman–Crippen LogP) is 2.84. The molecule has 162 valence electrons. The van der Waals surface area contributed by atoms with Gasteiger partial charge < -0.3 is 16.0 Å². The Kier molecular flexibility index (Phi) is 6.23. The van der Waals surface area contributed by atoms with Crippen LogP contribution in [0.5, 0.6) is 0 Å². The minimum Gasteiger partial charge on any atom is -0.329 e. The second-order valence-electron chi connectivity index (χ2n) is 6.58. The van der Waals surface area contributed by atoms with E-state index in [-0.39, 0.29) is 25.2 Å². The lowest BCUT2D eigenvalue weighted by atomic mass is 10.1. The minimum atomic E-state index is -4.66. The van der Waals surface area contributed by atoms with Gasteiger partial charge in [-0.15, -0.1) is 0 Å². The van der Waals surface area contributed by atoms with Crippen LogP contribution in [0.1, 0.15) is 22.3 Å². The molecule has 1 fully saturated rings. The molecule has 1 aliphatic heterocycles. The molecule has 8 nitrogen and oxygen atoms in total. The van der Waals surface area contributed by atoms with Crippen LogP contribution in [0.25, 0.3) is 0 Å². The van der Waals surface area contributed by atoms with Gasteiger partial charge in [0.25, 0.3) is 5.91 Å². The van der Waals surface area contributed by atoms with E-state index in [0.717, 1.165) is 17.0 Å². The summed E-state index contributed by atoms with van der Waals surface area (Å²) in [7, 11) is 0. The predicted molar refractivity (Wildman–Crippen MR) is 104 cm³/mol. The molecule has 0 atom stereocenters. The first kappa shape index (κ1) is 21.8. The number of urea groups is 1. The molecule has 0 bridgehead atoms. The molecule has 0 aromatic heterocycles. The lowest BCUT2D eigenvalue weighted by molar-refractivity contribution is -0.138. The Morgan fingerprint density at radius 1 is 0.968 bits per heavy atom. The Morgan fingerprint density at radius 3 is 2.16 bits per heavy atom. The van der Waals surface area contributed by atoms with Crippen LogP contribution in [0.15, 0.2) is 48.5 Å². The quantitative estimate of drug-likeness (QED) is 0.608. The third-order valence-electron chi connectivity index (χ3n) is 4.40. The highest BCUT2D eigenvalue weighted by molar-refractivity contribution is 6.05. The standard InChI is InChI=1S/C20H17F3N4O4/c21-20(22,23)15-4-2-1-3-14(15)18(30)26-13-7-5-12(6-8-13)25-16(28)9-10-27-17(29)11-24-19(27)31/h1-8H,9-11H2,(H,24,31)(H,25,28)(H,26,30). The molecular weight excluding hydrogens is 417 g/mol. The lowest BCUT2D eigenvalue weighted by Crippen LogP contribution is -2.33. The zero-order valence-electron chi connectivity index (χ0n) is 16.0. The van der Waals surface area contributed by atoms with Gasteiger partial charge in [-0.2, -0.15) is 13.2 Å². The van der Waals surface area contributed by atoms with E-state index in [1.165, 1.54) is 36.4 Å². The van der Waals surface area contributed by atoms with Gasteiger partial charge >= 0.3 is 12.2 Å². The second kappa shape index (κ2) is 8.86. The van der Waals surface area contributed by atoms with E-state index < -0.39 is 41.1 Å². The number of amides is 5. The number of halogens is 3. The molecule has 3 rings (SSSR count). The molecular formula is C20H17F3N4O4. The maximum atomic E-state index is 13.1. The highest BCUT2D eigenvalue weighted by Gasteiger charge is 2.34. The van der Waals surface area contributed by atoms with Crippen LogP contribution < -0.4 is 16.0 Å². The molecule has 0 aliphatic carbocycles. The van der Waals surface area contributed by atoms with Crippen molar-refractivity contribution < 1.29 is 32.3 Å². The zero-order chi connectivity index (χ0) is 22.6. The van der Waals surface area contributed by atoms with Crippen molar-refractivity contribution >= 4 is 35.1 Å². The van der Waals surface area contributed by atoms with Gasteiger partial charge in [0.1, 0.15) is 0 Å². The number of hydrogen-bond donors (Lipinski definition) is 3. The van der Waals surface area contributed by atoms with Crippen LogP contribution in [0.3, 0.4) is 0 Å². The number of nitrogens with zero attached hydrogens (tertiary/aromatic N) is 1. The minimum absolute atomic E-state index is 0.0662. The molecule has 2 aromatic carbocycles. The number of carbonyl (C=O) groups excluding carboxylic acids is 4. The molecule has 31 heavy (non-hydrogen) atoms. The van der Waals surface area contributed by atoms with Gasteiger partial charge in [0.15, 0.2) is 0 Å². The largest absolute Gasteiger partial charge is 0.417 e. The second-order valence-corrected chi connectivity index (χ2v) is 6.58. The third kappa shape index (κ3) is 5.38. The summed E-state index contributed by atoms with van der Waals surface area (Å²) in [6.07, 6.45) is -4.77. The number of benzene rings is 2. The first-order valence-corrected chi connectivity index (χ1v) is 9.11. The van der Waals surface area contributed by atoms with E-state index in [9.17, 15) is 32.3 Å². The number of carbonyl (C=O) groups is 4. The average Bonchev–Trinajstić information content (AvgIpc) is 3.04. The molecule has 0 saturated carbocycles. The summed E-state index contributed by atoms with van der Waals surface area (Å²) in [5.41, 5.74) is -0.940. The first-order chi connectivity index (χ1) is 14.6. The normalized spacial score (nSPS) is 13.7. The van der Waals surface area contributed by atoms with Crippen LogP contribution in [0.2, 0.25) is 0 Å². The Morgan fingerprint density at radius 2 is 1.58 bits per heavy atom. The van der Waals surface area contributed by atoms with Crippen molar-refractivity contribution in [1.82, 2.24) is 10.2 Å². The topological polar surface area (TPSA) is 108 Å². The van der Waals surface area contributed by atoms with Gasteiger partial charge in [0.05, 0.1) is 17.7 Å². The molecule has 0 radical (unpaired) electrons. The number of nitrogens with one attached hydrogen (secondary N) is 3. The fourth-order valence-corrected chi connectivity index (χ4v) is 2.88. The van der Waals surface area contributed by atoms with E-state index in [2.05, 4.69) is 16.0 Å². The molecule has 0 spiro atoms. The summed E-state index contributed by atoms with van der Waals surface area (Å²) in [5, 5.41) is 7.30. The van der Waals surface area contributed by atoms with Gasteiger partial charge in [-0.25, -0.2) is 4.79 Å². The van der Waals surface area contributed by atoms with E-state index in [4.69, 9.17) is 0 Å². The Bertz CT molecular complexity index is 1010. The Labute approximate surface area is 174 Å². The van der Waals surface area contributed by atoms with Crippen LogP contribution in [-0.4, -0.2) is 41.7 Å². The van der Waals surface area contributed by atoms with E-state index in [1.807, 2.05) is 0 Å². The number of hydrogen-bond acceptors (Lipinski definition) is 4. The monoisotopic (exact) mass is 434 g/mol. The average molecular weight is 434 g/mol. The summed E-state index contributed by atoms with van der Waals surface area (Å²) < 4.78 is 39.2.